The van der Waals surface area contributed by atoms with Crippen LogP contribution in [0.4, 0.5) is 5.69 Å². The van der Waals surface area contributed by atoms with Gasteiger partial charge in [-0.15, -0.1) is 0 Å². The molecule has 0 aromatic heterocycles. The standard InChI is InChI=1S/C18H21N3O5S/c1-3-4-11-26-16-8-6-15(7-9-16)13-19-20-27(24,25)17-10-5-14(2)18(12-17)21(22)23/h5-10,12-13,20H,3-4,11H2,1-2H3/b19-13+. The van der Waals surface area contributed by atoms with Crippen molar-refractivity contribution in [2.75, 3.05) is 6.61 Å². The van der Waals surface area contributed by atoms with Crippen LogP contribution in [0, 0.1) is 17.0 Å². The maximum Gasteiger partial charge on any atom is 0.276 e. The van der Waals surface area contributed by atoms with Gasteiger partial charge >= 0.3 is 0 Å². The number of rotatable bonds is 9. The zero-order valence-corrected chi connectivity index (χ0v) is 15.9. The van der Waals surface area contributed by atoms with Crippen molar-refractivity contribution in [1.29, 1.82) is 0 Å². The summed E-state index contributed by atoms with van der Waals surface area (Å²) in [6.07, 6.45) is 3.37. The summed E-state index contributed by atoms with van der Waals surface area (Å²) in [6.45, 7) is 4.26. The van der Waals surface area contributed by atoms with E-state index in [9.17, 15) is 18.5 Å². The fraction of sp³-hybridized carbons (Fsp3) is 0.278. The Morgan fingerprint density at radius 3 is 2.56 bits per heavy atom. The molecule has 2 aromatic rings. The van der Waals surface area contributed by atoms with E-state index in [-0.39, 0.29) is 10.6 Å². The fourth-order valence-corrected chi connectivity index (χ4v) is 2.97. The summed E-state index contributed by atoms with van der Waals surface area (Å²) in [5.41, 5.74) is 0.791. The molecule has 9 heteroatoms. The quantitative estimate of drug-likeness (QED) is 0.305. The maximum atomic E-state index is 12.2. The molecule has 0 bridgehead atoms. The van der Waals surface area contributed by atoms with Gasteiger partial charge in [-0.1, -0.05) is 19.4 Å². The highest BCUT2D eigenvalue weighted by Gasteiger charge is 2.19. The van der Waals surface area contributed by atoms with Crippen LogP contribution >= 0.6 is 0 Å². The van der Waals surface area contributed by atoms with E-state index in [0.29, 0.717) is 17.7 Å². The Hall–Kier alpha value is -2.94. The molecule has 8 nitrogen and oxygen atoms in total. The minimum Gasteiger partial charge on any atom is -0.494 e. The third-order valence-electron chi connectivity index (χ3n) is 3.72. The second-order valence-electron chi connectivity index (χ2n) is 5.83. The summed E-state index contributed by atoms with van der Waals surface area (Å²) in [6, 6.07) is 10.7. The Bertz CT molecular complexity index is 925. The topological polar surface area (TPSA) is 111 Å². The van der Waals surface area contributed by atoms with E-state index in [2.05, 4.69) is 16.9 Å². The van der Waals surface area contributed by atoms with Crippen LogP contribution in [0.15, 0.2) is 52.5 Å². The van der Waals surface area contributed by atoms with Gasteiger partial charge in [0.25, 0.3) is 15.7 Å². The van der Waals surface area contributed by atoms with Crippen LogP contribution in [-0.4, -0.2) is 26.2 Å². The first-order valence-corrected chi connectivity index (χ1v) is 9.84. The van der Waals surface area contributed by atoms with E-state index in [1.165, 1.54) is 25.3 Å². The average molecular weight is 391 g/mol. The minimum atomic E-state index is -4.00. The number of ether oxygens (including phenoxy) is 1. The monoisotopic (exact) mass is 391 g/mol. The van der Waals surface area contributed by atoms with Crippen LogP contribution in [0.3, 0.4) is 0 Å². The number of unbranched alkanes of at least 4 members (excludes halogenated alkanes) is 1. The molecule has 2 rings (SSSR count). The van der Waals surface area contributed by atoms with Gasteiger partial charge in [0, 0.05) is 11.6 Å². The number of sulfonamides is 1. The highest BCUT2D eigenvalue weighted by Crippen LogP contribution is 2.22. The van der Waals surface area contributed by atoms with Gasteiger partial charge in [0.2, 0.25) is 0 Å². The lowest BCUT2D eigenvalue weighted by molar-refractivity contribution is -0.385. The molecular weight excluding hydrogens is 370 g/mol. The average Bonchev–Trinajstić information content (AvgIpc) is 2.63. The predicted octanol–water partition coefficient (Wildman–Crippen LogP) is 3.39. The number of hydrazone groups is 1. The van der Waals surface area contributed by atoms with Gasteiger partial charge < -0.3 is 4.74 Å². The lowest BCUT2D eigenvalue weighted by Crippen LogP contribution is -2.18. The third-order valence-corrected chi connectivity index (χ3v) is 4.94. The highest BCUT2D eigenvalue weighted by molar-refractivity contribution is 7.89. The summed E-state index contributed by atoms with van der Waals surface area (Å²) < 4.78 is 30.0. The van der Waals surface area contributed by atoms with Gasteiger partial charge in [-0.05, 0) is 49.2 Å². The Morgan fingerprint density at radius 1 is 1.22 bits per heavy atom. The molecule has 0 amide bonds. The molecule has 0 radical (unpaired) electrons. The Kier molecular flexibility index (Phi) is 6.89. The van der Waals surface area contributed by atoms with Crippen LogP contribution in [0.5, 0.6) is 5.75 Å². The van der Waals surface area contributed by atoms with Crippen LogP contribution in [0.25, 0.3) is 0 Å². The molecular formula is C18H21N3O5S. The maximum absolute atomic E-state index is 12.2. The van der Waals surface area contributed by atoms with Crippen LogP contribution in [0.2, 0.25) is 0 Å². The molecule has 1 N–H and O–H groups in total. The van der Waals surface area contributed by atoms with Gasteiger partial charge in [-0.25, -0.2) is 4.83 Å². The summed E-state index contributed by atoms with van der Waals surface area (Å²) in [5, 5.41) is 14.7. The number of hydrogen-bond acceptors (Lipinski definition) is 6. The number of benzene rings is 2. The van der Waals surface area contributed by atoms with Gasteiger partial charge in [-0.3, -0.25) is 10.1 Å². The second-order valence-corrected chi connectivity index (χ2v) is 7.49. The molecule has 144 valence electrons. The molecule has 0 saturated carbocycles. The minimum absolute atomic E-state index is 0.225. The van der Waals surface area contributed by atoms with Crippen molar-refractivity contribution in [3.05, 3.63) is 63.7 Å². The van der Waals surface area contributed by atoms with Crippen LogP contribution < -0.4 is 9.57 Å². The first kappa shape index (κ1) is 20.4. The van der Waals surface area contributed by atoms with E-state index in [1.54, 1.807) is 24.3 Å². The van der Waals surface area contributed by atoms with Gasteiger partial charge in [0.1, 0.15) is 5.75 Å². The lowest BCUT2D eigenvalue weighted by Gasteiger charge is -2.05. The SMILES string of the molecule is CCCCOc1ccc(/C=N/NS(=O)(=O)c2ccc(C)c([N+](=O)[O-])c2)cc1. The Balaban J connectivity index is 2.04. The Morgan fingerprint density at radius 2 is 1.93 bits per heavy atom. The first-order chi connectivity index (χ1) is 12.8. The molecule has 2 aromatic carbocycles. The number of nitrogens with zero attached hydrogens (tertiary/aromatic N) is 2. The molecule has 0 aliphatic rings. The van der Waals surface area contributed by atoms with Crippen molar-refractivity contribution in [2.45, 2.75) is 31.6 Å². The largest absolute Gasteiger partial charge is 0.494 e. The third kappa shape index (κ3) is 5.78. The number of aryl methyl sites for hydroxylation is 1. The molecule has 0 atom stereocenters. The van der Waals surface area contributed by atoms with Crippen LogP contribution in [-0.2, 0) is 10.0 Å². The van der Waals surface area contributed by atoms with Gasteiger partial charge in [0.15, 0.2) is 0 Å². The van der Waals surface area contributed by atoms with E-state index in [1.807, 2.05) is 0 Å². The van der Waals surface area contributed by atoms with E-state index in [4.69, 9.17) is 4.74 Å². The number of nitro groups is 1. The summed E-state index contributed by atoms with van der Waals surface area (Å²) in [5.74, 6) is 0.730. The molecule has 0 spiro atoms. The van der Waals surface area contributed by atoms with E-state index < -0.39 is 14.9 Å². The fourth-order valence-electron chi connectivity index (χ4n) is 2.16. The number of nitrogens with one attached hydrogen (secondary N) is 1. The second kappa shape index (κ2) is 9.13. The van der Waals surface area contributed by atoms with Crippen molar-refractivity contribution in [2.24, 2.45) is 5.10 Å². The van der Waals surface area contributed by atoms with Gasteiger partial charge in [0.05, 0.1) is 22.6 Å². The Labute approximate surface area is 158 Å². The predicted molar refractivity (Wildman–Crippen MR) is 103 cm³/mol. The number of nitro benzene ring substituents is 1. The van der Waals surface area contributed by atoms with Crippen LogP contribution in [0.1, 0.15) is 30.9 Å². The number of hydrogen-bond donors (Lipinski definition) is 1. The molecule has 0 aliphatic carbocycles. The van der Waals surface area contributed by atoms with Crippen molar-refractivity contribution in [3.8, 4) is 5.75 Å². The normalized spacial score (nSPS) is 11.5. The smallest absolute Gasteiger partial charge is 0.276 e. The van der Waals surface area contributed by atoms with E-state index >= 15 is 0 Å². The summed E-state index contributed by atoms with van der Waals surface area (Å²) >= 11 is 0. The van der Waals surface area contributed by atoms with Crippen molar-refractivity contribution in [1.82, 2.24) is 4.83 Å². The highest BCUT2D eigenvalue weighted by atomic mass is 32.2. The van der Waals surface area contributed by atoms with Gasteiger partial charge in [-0.2, -0.15) is 13.5 Å². The molecule has 0 aliphatic heterocycles. The zero-order valence-electron chi connectivity index (χ0n) is 15.1. The molecule has 27 heavy (non-hydrogen) atoms. The van der Waals surface area contributed by atoms with E-state index in [0.717, 1.165) is 24.7 Å². The lowest BCUT2D eigenvalue weighted by atomic mass is 10.2. The molecule has 0 saturated heterocycles. The van der Waals surface area contributed by atoms with Crippen molar-refractivity contribution in [3.63, 3.8) is 0 Å². The van der Waals surface area contributed by atoms with Crippen molar-refractivity contribution < 1.29 is 18.1 Å². The first-order valence-electron chi connectivity index (χ1n) is 8.36. The molecule has 0 fully saturated rings. The zero-order chi connectivity index (χ0) is 19.9. The molecule has 0 unspecified atom stereocenters. The summed E-state index contributed by atoms with van der Waals surface area (Å²) in [4.78, 5) is 12.2. The van der Waals surface area contributed by atoms with Crippen molar-refractivity contribution >= 4 is 21.9 Å². The summed E-state index contributed by atoms with van der Waals surface area (Å²) in [7, 11) is -4.00. The molecule has 0 heterocycles.